The Hall–Kier alpha value is -4.70. The molecule has 5 aromatic carbocycles. The summed E-state index contributed by atoms with van der Waals surface area (Å²) < 4.78 is 10.8. The van der Waals surface area contributed by atoms with Gasteiger partial charge in [-0.1, -0.05) is 74.0 Å². The van der Waals surface area contributed by atoms with Gasteiger partial charge in [-0.25, -0.2) is 9.56 Å². The quantitative estimate of drug-likeness (QED) is 0.151. The molecule has 0 radical (unpaired) electrons. The second kappa shape index (κ2) is 10.7. The van der Waals surface area contributed by atoms with Gasteiger partial charge < -0.3 is 4.74 Å². The Kier molecular flexibility index (Phi) is 6.60. The summed E-state index contributed by atoms with van der Waals surface area (Å²) in [7, 11) is 2.14. The van der Waals surface area contributed by atoms with Crippen molar-refractivity contribution in [2.45, 2.75) is 32.6 Å². The van der Waals surface area contributed by atoms with Gasteiger partial charge in [-0.15, -0.1) is 0 Å². The third-order valence-electron chi connectivity index (χ3n) is 8.18. The van der Waals surface area contributed by atoms with E-state index in [1.54, 1.807) is 0 Å². The summed E-state index contributed by atoms with van der Waals surface area (Å²) in [5, 5.41) is 2.43. The van der Waals surface area contributed by atoms with Crippen LogP contribution in [0, 0.1) is 0 Å². The Morgan fingerprint density at radius 3 is 2.32 bits per heavy atom. The van der Waals surface area contributed by atoms with Crippen molar-refractivity contribution in [3.63, 3.8) is 0 Å². The number of aromatic nitrogens is 2. The molecule has 0 saturated heterocycles. The van der Waals surface area contributed by atoms with Gasteiger partial charge >= 0.3 is 0 Å². The number of benzene rings is 5. The fourth-order valence-corrected chi connectivity index (χ4v) is 6.22. The molecule has 1 aliphatic rings. The Labute approximate surface area is 241 Å². The van der Waals surface area contributed by atoms with Crippen LogP contribution in [0.15, 0.2) is 103 Å². The third-order valence-corrected chi connectivity index (χ3v) is 8.18. The van der Waals surface area contributed by atoms with E-state index in [-0.39, 0.29) is 0 Å². The first-order valence-corrected chi connectivity index (χ1v) is 14.6. The summed E-state index contributed by atoms with van der Waals surface area (Å²) in [6, 6.07) is 36.7. The lowest BCUT2D eigenvalue weighted by Gasteiger charge is -2.20. The minimum absolute atomic E-state index is 0.746. The zero-order valence-electron chi connectivity index (χ0n) is 23.7. The highest BCUT2D eigenvalue weighted by Gasteiger charge is 2.27. The fourth-order valence-electron chi connectivity index (χ4n) is 6.22. The molecule has 2 heterocycles. The molecule has 4 heteroatoms. The first-order valence-electron chi connectivity index (χ1n) is 14.6. The first-order chi connectivity index (χ1) is 20.2. The molecule has 1 aromatic heterocycles. The van der Waals surface area contributed by atoms with Gasteiger partial charge in [0.25, 0.3) is 5.69 Å². The predicted octanol–water partition coefficient (Wildman–Crippen LogP) is 8.98. The van der Waals surface area contributed by atoms with Gasteiger partial charge in [0.05, 0.1) is 17.6 Å². The Morgan fingerprint density at radius 1 is 0.780 bits per heavy atom. The van der Waals surface area contributed by atoms with Gasteiger partial charge in [-0.05, 0) is 77.2 Å². The molecule has 6 aromatic rings. The molecule has 41 heavy (non-hydrogen) atoms. The first kappa shape index (κ1) is 25.3. The molecular formula is C37H34N3O+. The zero-order valence-corrected chi connectivity index (χ0v) is 23.7. The minimum atomic E-state index is 0.746. The molecule has 0 amide bonds. The van der Waals surface area contributed by atoms with E-state index in [4.69, 9.17) is 9.72 Å². The molecule has 0 spiro atoms. The summed E-state index contributed by atoms with van der Waals surface area (Å²) in [6.07, 6.45) is 6.47. The molecule has 7 rings (SSSR count). The normalized spacial score (nSPS) is 12.9. The van der Waals surface area contributed by atoms with E-state index >= 15 is 0 Å². The summed E-state index contributed by atoms with van der Waals surface area (Å²) >= 11 is 0. The molecule has 4 nitrogen and oxygen atoms in total. The number of nitrogens with zero attached hydrogens (tertiary/aromatic N) is 3. The van der Waals surface area contributed by atoms with Crippen LogP contribution in [0.3, 0.4) is 0 Å². The van der Waals surface area contributed by atoms with E-state index < -0.39 is 0 Å². The van der Waals surface area contributed by atoms with Crippen LogP contribution < -0.4 is 4.74 Å². The van der Waals surface area contributed by atoms with Crippen molar-refractivity contribution in [2.75, 3.05) is 13.7 Å². The molecular weight excluding hydrogens is 502 g/mol. The van der Waals surface area contributed by atoms with Crippen LogP contribution in [0.5, 0.6) is 5.75 Å². The van der Waals surface area contributed by atoms with Crippen molar-refractivity contribution in [3.05, 3.63) is 109 Å². The molecule has 0 N–H and O–H groups in total. The number of rotatable bonds is 7. The second-order valence-electron chi connectivity index (χ2n) is 10.8. The number of ether oxygens (including phenoxy) is 1. The van der Waals surface area contributed by atoms with Crippen LogP contribution in [-0.4, -0.2) is 34.0 Å². The van der Waals surface area contributed by atoms with E-state index in [0.29, 0.717) is 0 Å². The summed E-state index contributed by atoms with van der Waals surface area (Å²) in [5.74, 6) is 1.93. The zero-order chi connectivity index (χ0) is 27.8. The lowest BCUT2D eigenvalue weighted by Crippen LogP contribution is -2.13. The van der Waals surface area contributed by atoms with Gasteiger partial charge in [0.2, 0.25) is 0 Å². The summed E-state index contributed by atoms with van der Waals surface area (Å²) in [4.78, 5) is 5.17. The van der Waals surface area contributed by atoms with Gasteiger partial charge in [0.1, 0.15) is 19.1 Å². The van der Waals surface area contributed by atoms with Gasteiger partial charge in [0, 0.05) is 23.2 Å². The molecule has 1 aliphatic heterocycles. The number of para-hydroxylation sites is 3. The number of unbranched alkanes of at least 4 members (excludes halogenated alkanes) is 1. The number of hydrogen-bond donors (Lipinski definition) is 0. The number of imidazole rings is 1. The highest BCUT2D eigenvalue weighted by molar-refractivity contribution is 6.06. The smallest absolute Gasteiger partial charge is 0.250 e. The maximum Gasteiger partial charge on any atom is 0.250 e. The second-order valence-corrected chi connectivity index (χ2v) is 10.8. The highest BCUT2D eigenvalue weighted by Crippen LogP contribution is 2.44. The lowest BCUT2D eigenvalue weighted by molar-refractivity contribution is -0.404. The lowest BCUT2D eigenvalue weighted by atomic mass is 9.89. The monoisotopic (exact) mass is 536 g/mol. The molecule has 0 unspecified atom stereocenters. The van der Waals surface area contributed by atoms with Crippen molar-refractivity contribution in [2.24, 2.45) is 0 Å². The van der Waals surface area contributed by atoms with E-state index in [1.807, 2.05) is 0 Å². The molecule has 0 bridgehead atoms. The van der Waals surface area contributed by atoms with Crippen LogP contribution in [0.1, 0.15) is 31.7 Å². The third kappa shape index (κ3) is 4.40. The predicted molar refractivity (Wildman–Crippen MR) is 170 cm³/mol. The van der Waals surface area contributed by atoms with Crippen LogP contribution in [0.25, 0.3) is 50.0 Å². The summed E-state index contributed by atoms with van der Waals surface area (Å²) in [6.45, 7) is 2.95. The molecule has 0 fully saturated rings. The van der Waals surface area contributed by atoms with Crippen LogP contribution in [-0.2, 0) is 6.42 Å². The summed E-state index contributed by atoms with van der Waals surface area (Å²) in [5.41, 5.74) is 9.42. The topological polar surface area (TPSA) is 30.1 Å². The standard InChI is InChI=1S/C37H34N3O/c1-3-4-25-41-35-23-22-30(31-17-12-24-39(2)36(31)35)29-20-21-32(28-16-9-8-15-27(28)29)37-38-33-18-10-11-19-34(33)40(37)26-13-6-5-7-14-26/h5-11,13-16,18-24H,3-4,12,17,25H2,1-2H3/q+1. The van der Waals surface area contributed by atoms with Crippen LogP contribution in [0.2, 0.25) is 0 Å². The number of fused-ring (bicyclic) bond motifs is 3. The van der Waals surface area contributed by atoms with Crippen molar-refractivity contribution in [1.29, 1.82) is 0 Å². The highest BCUT2D eigenvalue weighted by atomic mass is 16.5. The van der Waals surface area contributed by atoms with Crippen molar-refractivity contribution < 1.29 is 9.31 Å². The average Bonchev–Trinajstić information content (AvgIpc) is 3.41. The largest absolute Gasteiger partial charge is 0.487 e. The van der Waals surface area contributed by atoms with E-state index in [1.165, 1.54) is 33.2 Å². The van der Waals surface area contributed by atoms with E-state index in [9.17, 15) is 0 Å². The van der Waals surface area contributed by atoms with Crippen molar-refractivity contribution in [1.82, 2.24) is 9.55 Å². The molecule has 202 valence electrons. The Balaban J connectivity index is 1.44. The Bertz CT molecular complexity index is 1920. The van der Waals surface area contributed by atoms with Crippen molar-refractivity contribution in [3.8, 4) is 34.0 Å². The maximum atomic E-state index is 6.28. The van der Waals surface area contributed by atoms with Gasteiger partial charge in [0.15, 0.2) is 5.75 Å². The van der Waals surface area contributed by atoms with Crippen LogP contribution in [0.4, 0.5) is 5.69 Å². The van der Waals surface area contributed by atoms with Crippen LogP contribution >= 0.6 is 0 Å². The van der Waals surface area contributed by atoms with Gasteiger partial charge in [-0.3, -0.25) is 4.57 Å². The minimum Gasteiger partial charge on any atom is -0.487 e. The fraction of sp³-hybridized carbons (Fsp3) is 0.189. The number of hydrogen-bond acceptors (Lipinski definition) is 2. The van der Waals surface area contributed by atoms with E-state index in [0.717, 1.165) is 66.1 Å². The molecule has 0 saturated carbocycles. The average molecular weight is 537 g/mol. The SMILES string of the molecule is CCCCOc1ccc(-c2ccc(-c3nc4ccccc4n3-c3ccccc3)c3ccccc23)c2c1[N+](C)=CCC2. The van der Waals surface area contributed by atoms with E-state index in [2.05, 4.69) is 132 Å². The molecule has 0 aliphatic carbocycles. The van der Waals surface area contributed by atoms with Crippen molar-refractivity contribution >= 4 is 33.7 Å². The molecule has 0 atom stereocenters. The maximum absolute atomic E-state index is 6.28. The Morgan fingerprint density at radius 2 is 1.49 bits per heavy atom. The van der Waals surface area contributed by atoms with Gasteiger partial charge in [-0.2, -0.15) is 0 Å².